The molecular weight excluding hydrogens is 328 g/mol. The van der Waals surface area contributed by atoms with Crippen LogP contribution in [-0.2, 0) is 13.0 Å². The second-order valence-electron chi connectivity index (χ2n) is 5.95. The SMILES string of the molecule is CCc1cc(CNC)cc(OC)c1Sc1cnc2c(c1)=CCC=CC=2. The van der Waals surface area contributed by atoms with E-state index in [1.807, 2.05) is 13.2 Å². The summed E-state index contributed by atoms with van der Waals surface area (Å²) in [5, 5.41) is 5.44. The predicted molar refractivity (Wildman–Crippen MR) is 105 cm³/mol. The maximum Gasteiger partial charge on any atom is 0.133 e. The fraction of sp³-hybridized carbons (Fsp3) is 0.286. The molecule has 0 aliphatic heterocycles. The third kappa shape index (κ3) is 4.14. The molecule has 130 valence electrons. The molecule has 0 amide bonds. The first kappa shape index (κ1) is 17.8. The van der Waals surface area contributed by atoms with Gasteiger partial charge < -0.3 is 10.1 Å². The van der Waals surface area contributed by atoms with Crippen LogP contribution in [0.15, 0.2) is 46.3 Å². The Morgan fingerprint density at radius 2 is 2.16 bits per heavy atom. The summed E-state index contributed by atoms with van der Waals surface area (Å²) < 4.78 is 5.69. The molecule has 1 aromatic carbocycles. The first-order valence-electron chi connectivity index (χ1n) is 8.60. The monoisotopic (exact) mass is 352 g/mol. The molecule has 3 rings (SSSR count). The van der Waals surface area contributed by atoms with E-state index < -0.39 is 0 Å². The van der Waals surface area contributed by atoms with E-state index in [0.29, 0.717) is 0 Å². The van der Waals surface area contributed by atoms with E-state index in [2.05, 4.69) is 59.7 Å². The third-order valence-electron chi connectivity index (χ3n) is 4.18. The zero-order valence-corrected chi connectivity index (χ0v) is 15.8. The summed E-state index contributed by atoms with van der Waals surface area (Å²) in [6, 6.07) is 6.61. The van der Waals surface area contributed by atoms with E-state index in [-0.39, 0.29) is 0 Å². The van der Waals surface area contributed by atoms with E-state index in [1.54, 1.807) is 18.9 Å². The van der Waals surface area contributed by atoms with Gasteiger partial charge >= 0.3 is 0 Å². The van der Waals surface area contributed by atoms with Gasteiger partial charge in [0.2, 0.25) is 0 Å². The van der Waals surface area contributed by atoms with Gasteiger partial charge in [0.1, 0.15) is 5.75 Å². The molecular formula is C21H24N2OS. The van der Waals surface area contributed by atoms with Gasteiger partial charge in [0.15, 0.2) is 0 Å². The number of pyridine rings is 1. The largest absolute Gasteiger partial charge is 0.496 e. The van der Waals surface area contributed by atoms with Crippen molar-refractivity contribution < 1.29 is 4.74 Å². The minimum atomic E-state index is 0.840. The van der Waals surface area contributed by atoms with Crippen LogP contribution in [0.4, 0.5) is 0 Å². The number of nitrogens with zero attached hydrogens (tertiary/aromatic N) is 1. The normalized spacial score (nSPS) is 12.8. The molecule has 0 bridgehead atoms. The van der Waals surface area contributed by atoms with Gasteiger partial charge in [0.05, 0.1) is 17.4 Å². The number of ether oxygens (including phenoxy) is 1. The van der Waals surface area contributed by atoms with Crippen molar-refractivity contribution in [2.75, 3.05) is 14.2 Å². The standard InChI is InChI=1S/C21H24N2OS/c1-4-16-10-15(13-22-2)11-20(24-3)21(16)25-18-12-17-8-6-5-7-9-19(17)23-14-18/h5,7-12,14,22H,4,6,13H2,1-3H3. The first-order chi connectivity index (χ1) is 12.2. The minimum absolute atomic E-state index is 0.840. The number of hydrogen-bond donors (Lipinski definition) is 1. The molecule has 1 heterocycles. The molecule has 2 aromatic rings. The van der Waals surface area contributed by atoms with Crippen LogP contribution in [-0.4, -0.2) is 19.1 Å². The highest BCUT2D eigenvalue weighted by molar-refractivity contribution is 7.99. The van der Waals surface area contributed by atoms with Crippen LogP contribution < -0.4 is 20.6 Å². The van der Waals surface area contributed by atoms with Crippen LogP contribution in [0.25, 0.3) is 12.2 Å². The first-order valence-corrected chi connectivity index (χ1v) is 9.42. The van der Waals surface area contributed by atoms with Crippen molar-refractivity contribution in [3.63, 3.8) is 0 Å². The Hall–Kier alpha value is -2.04. The van der Waals surface area contributed by atoms with Crippen molar-refractivity contribution in [1.29, 1.82) is 0 Å². The lowest BCUT2D eigenvalue weighted by Gasteiger charge is -2.15. The summed E-state index contributed by atoms with van der Waals surface area (Å²) >= 11 is 1.73. The average molecular weight is 353 g/mol. The Balaban J connectivity index is 2.00. The molecule has 4 heteroatoms. The molecule has 0 saturated heterocycles. The summed E-state index contributed by atoms with van der Waals surface area (Å²) in [6.07, 6.45) is 12.4. The molecule has 0 fully saturated rings. The number of fused-ring (bicyclic) bond motifs is 1. The van der Waals surface area contributed by atoms with Gasteiger partial charge in [-0.05, 0) is 54.4 Å². The zero-order chi connectivity index (χ0) is 17.6. The molecule has 1 N–H and O–H groups in total. The lowest BCUT2D eigenvalue weighted by Crippen LogP contribution is -2.27. The van der Waals surface area contributed by atoms with Crippen molar-refractivity contribution in [2.45, 2.75) is 36.1 Å². The second-order valence-corrected chi connectivity index (χ2v) is 7.04. The highest BCUT2D eigenvalue weighted by atomic mass is 32.2. The highest BCUT2D eigenvalue weighted by Gasteiger charge is 2.13. The van der Waals surface area contributed by atoms with E-state index in [9.17, 15) is 0 Å². The number of allylic oxidation sites excluding steroid dienone is 2. The van der Waals surface area contributed by atoms with Crippen molar-refractivity contribution in [1.82, 2.24) is 10.3 Å². The van der Waals surface area contributed by atoms with Crippen molar-refractivity contribution >= 4 is 23.9 Å². The molecule has 0 saturated carbocycles. The summed E-state index contributed by atoms with van der Waals surface area (Å²) in [5.74, 6) is 0.932. The van der Waals surface area contributed by atoms with Crippen LogP contribution in [0, 0.1) is 0 Å². The summed E-state index contributed by atoms with van der Waals surface area (Å²) in [5.41, 5.74) is 2.55. The summed E-state index contributed by atoms with van der Waals surface area (Å²) in [6.45, 7) is 3.03. The number of hydrogen-bond acceptors (Lipinski definition) is 4. The van der Waals surface area contributed by atoms with E-state index in [4.69, 9.17) is 4.74 Å². The van der Waals surface area contributed by atoms with Gasteiger partial charge in [-0.15, -0.1) is 0 Å². The number of methoxy groups -OCH3 is 1. The average Bonchev–Trinajstić information content (AvgIpc) is 2.87. The molecule has 0 radical (unpaired) electrons. The van der Waals surface area contributed by atoms with Crippen LogP contribution in [0.2, 0.25) is 0 Å². The Bertz CT molecular complexity index is 878. The van der Waals surface area contributed by atoms with Crippen molar-refractivity contribution in [3.05, 3.63) is 58.2 Å². The fourth-order valence-corrected chi connectivity index (χ4v) is 4.05. The van der Waals surface area contributed by atoms with Crippen LogP contribution >= 0.6 is 11.8 Å². The van der Waals surface area contributed by atoms with Crippen LogP contribution in [0.1, 0.15) is 24.5 Å². The lowest BCUT2D eigenvalue weighted by atomic mass is 10.1. The minimum Gasteiger partial charge on any atom is -0.496 e. The van der Waals surface area contributed by atoms with Gasteiger partial charge in [0, 0.05) is 17.6 Å². The summed E-state index contributed by atoms with van der Waals surface area (Å²) in [4.78, 5) is 6.94. The smallest absolute Gasteiger partial charge is 0.133 e. The molecule has 3 nitrogen and oxygen atoms in total. The van der Waals surface area contributed by atoms with E-state index in [0.717, 1.165) is 35.4 Å². The van der Waals surface area contributed by atoms with Gasteiger partial charge in [-0.2, -0.15) is 0 Å². The Morgan fingerprint density at radius 1 is 1.28 bits per heavy atom. The number of aryl methyl sites for hydroxylation is 1. The number of nitrogens with one attached hydrogen (secondary N) is 1. The summed E-state index contributed by atoms with van der Waals surface area (Å²) in [7, 11) is 3.70. The lowest BCUT2D eigenvalue weighted by molar-refractivity contribution is 0.403. The topological polar surface area (TPSA) is 34.1 Å². The second kappa shape index (κ2) is 8.37. The third-order valence-corrected chi connectivity index (χ3v) is 5.31. The van der Waals surface area contributed by atoms with Gasteiger partial charge in [-0.1, -0.05) is 43.0 Å². The maximum absolute atomic E-state index is 5.69. The zero-order valence-electron chi connectivity index (χ0n) is 15.0. The van der Waals surface area contributed by atoms with E-state index >= 15 is 0 Å². The van der Waals surface area contributed by atoms with Crippen molar-refractivity contribution in [2.24, 2.45) is 0 Å². The van der Waals surface area contributed by atoms with Gasteiger partial charge in [-0.3, -0.25) is 4.98 Å². The van der Waals surface area contributed by atoms with Crippen LogP contribution in [0.5, 0.6) is 5.75 Å². The van der Waals surface area contributed by atoms with Crippen LogP contribution in [0.3, 0.4) is 0 Å². The molecule has 0 atom stereocenters. The Kier molecular flexibility index (Phi) is 5.95. The fourth-order valence-electron chi connectivity index (χ4n) is 2.94. The van der Waals surface area contributed by atoms with E-state index in [1.165, 1.54) is 21.2 Å². The molecule has 25 heavy (non-hydrogen) atoms. The Labute approximate surface area is 153 Å². The number of rotatable bonds is 6. The number of aromatic nitrogens is 1. The van der Waals surface area contributed by atoms with Crippen molar-refractivity contribution in [3.8, 4) is 5.75 Å². The van der Waals surface area contributed by atoms with Gasteiger partial charge in [0.25, 0.3) is 0 Å². The molecule has 1 aromatic heterocycles. The molecule has 0 spiro atoms. The van der Waals surface area contributed by atoms with Gasteiger partial charge in [-0.25, -0.2) is 0 Å². The molecule has 1 aliphatic rings. The number of benzene rings is 1. The Morgan fingerprint density at radius 3 is 2.92 bits per heavy atom. The maximum atomic E-state index is 5.69. The molecule has 0 unspecified atom stereocenters. The molecule has 1 aliphatic carbocycles. The highest BCUT2D eigenvalue weighted by Crippen LogP contribution is 2.38. The predicted octanol–water partition coefficient (Wildman–Crippen LogP) is 3.04. The quantitative estimate of drug-likeness (QED) is 0.866.